The molecule has 0 saturated carbocycles. The molecule has 0 aromatic heterocycles. The molecule has 1 heterocycles. The minimum absolute atomic E-state index is 0.127. The number of methoxy groups -OCH3 is 1. The Morgan fingerprint density at radius 3 is 2.90 bits per heavy atom. The predicted octanol–water partition coefficient (Wildman–Crippen LogP) is 3.48. The van der Waals surface area contributed by atoms with E-state index in [-0.39, 0.29) is 11.8 Å². The van der Waals surface area contributed by atoms with Crippen molar-refractivity contribution in [2.45, 2.75) is 18.9 Å². The van der Waals surface area contributed by atoms with Crippen LogP contribution < -0.4 is 10.1 Å². The average Bonchev–Trinajstić information content (AvgIpc) is 2.50. The van der Waals surface area contributed by atoms with Gasteiger partial charge in [-0.2, -0.15) is 0 Å². The summed E-state index contributed by atoms with van der Waals surface area (Å²) in [7, 11) is 1.69. The van der Waals surface area contributed by atoms with Crippen LogP contribution in [-0.2, 0) is 12.8 Å². The number of benzene rings is 2. The van der Waals surface area contributed by atoms with Crippen molar-refractivity contribution in [1.29, 1.82) is 0 Å². The number of ether oxygens (including phenoxy) is 1. The highest BCUT2D eigenvalue weighted by atomic mass is 35.5. The quantitative estimate of drug-likeness (QED) is 0.912. The summed E-state index contributed by atoms with van der Waals surface area (Å²) < 4.78 is 5.30. The molecule has 0 bridgehead atoms. The van der Waals surface area contributed by atoms with Crippen LogP contribution in [0.3, 0.4) is 0 Å². The SMILES string of the molecule is COc1ccc2c(c1)CCN[C@H]2Cc1ccc(O)c(Cl)c1. The number of hydrogen-bond donors (Lipinski definition) is 2. The largest absolute Gasteiger partial charge is 0.506 e. The maximum atomic E-state index is 9.50. The first-order valence-electron chi connectivity index (χ1n) is 7.05. The fourth-order valence-corrected chi connectivity index (χ4v) is 3.05. The molecule has 3 rings (SSSR count). The Kier molecular flexibility index (Phi) is 4.04. The summed E-state index contributed by atoms with van der Waals surface area (Å²) in [5, 5.41) is 13.5. The Bertz CT molecular complexity index is 657. The van der Waals surface area contributed by atoms with Gasteiger partial charge in [0.05, 0.1) is 12.1 Å². The van der Waals surface area contributed by atoms with Gasteiger partial charge in [0.25, 0.3) is 0 Å². The molecule has 1 aliphatic rings. The number of halogens is 1. The van der Waals surface area contributed by atoms with E-state index >= 15 is 0 Å². The van der Waals surface area contributed by atoms with E-state index < -0.39 is 0 Å². The van der Waals surface area contributed by atoms with E-state index in [1.165, 1.54) is 11.1 Å². The third-order valence-electron chi connectivity index (χ3n) is 3.96. The summed E-state index contributed by atoms with van der Waals surface area (Å²) in [5.74, 6) is 1.03. The summed E-state index contributed by atoms with van der Waals surface area (Å²) >= 11 is 5.98. The zero-order valence-corrected chi connectivity index (χ0v) is 12.7. The Morgan fingerprint density at radius 2 is 2.14 bits per heavy atom. The van der Waals surface area contributed by atoms with Crippen LogP contribution in [0, 0.1) is 0 Å². The molecule has 0 amide bonds. The molecule has 1 aliphatic heterocycles. The molecular formula is C17H18ClNO2. The van der Waals surface area contributed by atoms with E-state index in [0.29, 0.717) is 5.02 Å². The van der Waals surface area contributed by atoms with E-state index in [1.54, 1.807) is 13.2 Å². The minimum atomic E-state index is 0.127. The summed E-state index contributed by atoms with van der Waals surface area (Å²) in [5.41, 5.74) is 3.76. The second-order valence-corrected chi connectivity index (χ2v) is 5.72. The monoisotopic (exact) mass is 303 g/mol. The number of fused-ring (bicyclic) bond motifs is 1. The fourth-order valence-electron chi connectivity index (χ4n) is 2.85. The second kappa shape index (κ2) is 5.96. The van der Waals surface area contributed by atoms with Crippen LogP contribution in [0.25, 0.3) is 0 Å². The van der Waals surface area contributed by atoms with E-state index in [9.17, 15) is 5.11 Å². The highest BCUT2D eigenvalue weighted by Gasteiger charge is 2.20. The van der Waals surface area contributed by atoms with Crippen LogP contribution in [-0.4, -0.2) is 18.8 Å². The molecule has 0 unspecified atom stereocenters. The standard InChI is InChI=1S/C17H18ClNO2/c1-21-13-3-4-14-12(10-13)6-7-19-16(14)9-11-2-5-17(20)15(18)8-11/h2-5,8,10,16,19-20H,6-7,9H2,1H3/t16-/m0/s1. The molecule has 0 fully saturated rings. The number of phenols is 1. The van der Waals surface area contributed by atoms with Crippen molar-refractivity contribution in [2.24, 2.45) is 0 Å². The van der Waals surface area contributed by atoms with Gasteiger partial charge in [0.1, 0.15) is 11.5 Å². The molecule has 0 spiro atoms. The van der Waals surface area contributed by atoms with Gasteiger partial charge >= 0.3 is 0 Å². The summed E-state index contributed by atoms with van der Waals surface area (Å²) in [6, 6.07) is 11.9. The van der Waals surface area contributed by atoms with E-state index in [2.05, 4.69) is 17.4 Å². The molecule has 21 heavy (non-hydrogen) atoms. The molecule has 2 aromatic rings. The lowest BCUT2D eigenvalue weighted by molar-refractivity contribution is 0.412. The Labute approximate surface area is 129 Å². The van der Waals surface area contributed by atoms with Gasteiger partial charge in [-0.1, -0.05) is 23.7 Å². The second-order valence-electron chi connectivity index (χ2n) is 5.31. The van der Waals surface area contributed by atoms with Gasteiger partial charge in [0.2, 0.25) is 0 Å². The van der Waals surface area contributed by atoms with Crippen LogP contribution in [0.5, 0.6) is 11.5 Å². The lowest BCUT2D eigenvalue weighted by Gasteiger charge is -2.27. The van der Waals surface area contributed by atoms with Crippen molar-refractivity contribution in [2.75, 3.05) is 13.7 Å². The van der Waals surface area contributed by atoms with E-state index in [0.717, 1.165) is 30.7 Å². The van der Waals surface area contributed by atoms with Crippen molar-refractivity contribution in [3.63, 3.8) is 0 Å². The summed E-state index contributed by atoms with van der Waals surface area (Å²) in [4.78, 5) is 0. The van der Waals surface area contributed by atoms with Gasteiger partial charge in [-0.25, -0.2) is 0 Å². The van der Waals surface area contributed by atoms with E-state index in [1.807, 2.05) is 18.2 Å². The van der Waals surface area contributed by atoms with E-state index in [4.69, 9.17) is 16.3 Å². The predicted molar refractivity (Wildman–Crippen MR) is 84.3 cm³/mol. The number of aromatic hydroxyl groups is 1. The smallest absolute Gasteiger partial charge is 0.134 e. The first-order valence-corrected chi connectivity index (χ1v) is 7.43. The summed E-state index contributed by atoms with van der Waals surface area (Å²) in [6.45, 7) is 0.955. The number of rotatable bonds is 3. The molecule has 1 atom stereocenters. The molecule has 110 valence electrons. The van der Waals surface area contributed by atoms with Crippen molar-refractivity contribution in [3.8, 4) is 11.5 Å². The normalized spacial score (nSPS) is 17.3. The van der Waals surface area contributed by atoms with Gasteiger partial charge in [-0.15, -0.1) is 0 Å². The number of nitrogens with one attached hydrogen (secondary N) is 1. The molecule has 2 aromatic carbocycles. The third-order valence-corrected chi connectivity index (χ3v) is 4.27. The van der Waals surface area contributed by atoms with Crippen molar-refractivity contribution in [3.05, 3.63) is 58.1 Å². The molecule has 0 saturated heterocycles. The first kappa shape index (κ1) is 14.2. The molecule has 4 heteroatoms. The van der Waals surface area contributed by atoms with Crippen LogP contribution >= 0.6 is 11.6 Å². The van der Waals surface area contributed by atoms with Gasteiger partial charge in [-0.05, 0) is 60.3 Å². The average molecular weight is 304 g/mol. The van der Waals surface area contributed by atoms with Crippen molar-refractivity contribution < 1.29 is 9.84 Å². The maximum absolute atomic E-state index is 9.50. The molecule has 0 aliphatic carbocycles. The molecular weight excluding hydrogens is 286 g/mol. The Balaban J connectivity index is 1.86. The Hall–Kier alpha value is -1.71. The molecule has 3 nitrogen and oxygen atoms in total. The maximum Gasteiger partial charge on any atom is 0.134 e. The third kappa shape index (κ3) is 2.99. The molecule has 2 N–H and O–H groups in total. The lowest BCUT2D eigenvalue weighted by Crippen LogP contribution is -2.31. The minimum Gasteiger partial charge on any atom is -0.506 e. The van der Waals surface area contributed by atoms with Crippen LogP contribution in [0.2, 0.25) is 5.02 Å². The zero-order valence-electron chi connectivity index (χ0n) is 11.9. The van der Waals surface area contributed by atoms with Gasteiger partial charge in [-0.3, -0.25) is 0 Å². The fraction of sp³-hybridized carbons (Fsp3) is 0.294. The van der Waals surface area contributed by atoms with Gasteiger partial charge < -0.3 is 15.2 Å². The Morgan fingerprint density at radius 1 is 1.29 bits per heavy atom. The van der Waals surface area contributed by atoms with Crippen LogP contribution in [0.4, 0.5) is 0 Å². The summed E-state index contributed by atoms with van der Waals surface area (Å²) in [6.07, 6.45) is 1.86. The van der Waals surface area contributed by atoms with Crippen molar-refractivity contribution >= 4 is 11.6 Å². The highest BCUT2D eigenvalue weighted by molar-refractivity contribution is 6.32. The number of hydrogen-bond acceptors (Lipinski definition) is 3. The van der Waals surface area contributed by atoms with Gasteiger partial charge in [0, 0.05) is 6.04 Å². The highest BCUT2D eigenvalue weighted by Crippen LogP contribution is 2.31. The van der Waals surface area contributed by atoms with Crippen LogP contribution in [0.1, 0.15) is 22.7 Å². The lowest BCUT2D eigenvalue weighted by atomic mass is 9.90. The number of phenolic OH excluding ortho intramolecular Hbond substituents is 1. The van der Waals surface area contributed by atoms with Crippen molar-refractivity contribution in [1.82, 2.24) is 5.32 Å². The van der Waals surface area contributed by atoms with Crippen LogP contribution in [0.15, 0.2) is 36.4 Å². The molecule has 0 radical (unpaired) electrons. The topological polar surface area (TPSA) is 41.5 Å². The first-order chi connectivity index (χ1) is 10.2. The zero-order chi connectivity index (χ0) is 14.8. The van der Waals surface area contributed by atoms with Gasteiger partial charge in [0.15, 0.2) is 0 Å².